The van der Waals surface area contributed by atoms with Crippen LogP contribution in [0.5, 0.6) is 0 Å². The largest absolute Gasteiger partial charge is 0.378 e. The van der Waals surface area contributed by atoms with Gasteiger partial charge < -0.3 is 9.64 Å². The summed E-state index contributed by atoms with van der Waals surface area (Å²) < 4.78 is 5.23. The van der Waals surface area contributed by atoms with Crippen LogP contribution in [0.4, 0.5) is 5.82 Å². The van der Waals surface area contributed by atoms with Crippen LogP contribution >= 0.6 is 0 Å². The molecule has 63 valence electrons. The molecule has 0 amide bonds. The Morgan fingerprint density at radius 2 is 2.25 bits per heavy atom. The van der Waals surface area contributed by atoms with Crippen molar-refractivity contribution in [3.63, 3.8) is 0 Å². The van der Waals surface area contributed by atoms with Crippen LogP contribution in [0.1, 0.15) is 0 Å². The molecule has 0 atom stereocenters. The summed E-state index contributed by atoms with van der Waals surface area (Å²) in [5.41, 5.74) is 0. The van der Waals surface area contributed by atoms with Gasteiger partial charge in [-0.1, -0.05) is 0 Å². The summed E-state index contributed by atoms with van der Waals surface area (Å²) in [5, 5.41) is 0. The number of aromatic nitrogens is 2. The molecule has 12 heavy (non-hydrogen) atoms. The van der Waals surface area contributed by atoms with Crippen molar-refractivity contribution in [2.75, 3.05) is 31.2 Å². The number of ether oxygens (including phenoxy) is 1. The van der Waals surface area contributed by atoms with Crippen LogP contribution in [-0.4, -0.2) is 36.3 Å². The molecule has 2 heterocycles. The zero-order valence-electron chi connectivity index (χ0n) is 6.73. The molecule has 0 saturated carbocycles. The van der Waals surface area contributed by atoms with Gasteiger partial charge in [0.15, 0.2) is 0 Å². The topological polar surface area (TPSA) is 38.2 Å². The van der Waals surface area contributed by atoms with E-state index in [9.17, 15) is 0 Å². The monoisotopic (exact) mass is 164 g/mol. The second-order valence-electron chi connectivity index (χ2n) is 2.60. The van der Waals surface area contributed by atoms with Crippen LogP contribution in [0.3, 0.4) is 0 Å². The second kappa shape index (κ2) is 3.49. The summed E-state index contributed by atoms with van der Waals surface area (Å²) in [4.78, 5) is 10.0. The maximum Gasteiger partial charge on any atom is 0.132 e. The van der Waals surface area contributed by atoms with Crippen molar-refractivity contribution in [3.8, 4) is 0 Å². The van der Waals surface area contributed by atoms with Crippen molar-refractivity contribution >= 4 is 5.82 Å². The van der Waals surface area contributed by atoms with Crippen molar-refractivity contribution in [3.05, 3.63) is 18.6 Å². The third-order valence-electron chi connectivity index (χ3n) is 1.85. The fourth-order valence-corrected chi connectivity index (χ4v) is 1.22. The molecule has 0 spiro atoms. The highest BCUT2D eigenvalue weighted by Crippen LogP contribution is 2.09. The summed E-state index contributed by atoms with van der Waals surface area (Å²) in [6.07, 6.45) is 4.28. The minimum Gasteiger partial charge on any atom is -0.378 e. The van der Waals surface area contributed by atoms with E-state index < -0.39 is 0 Å². The molecule has 1 radical (unpaired) electrons. The Labute approximate surface area is 71.2 Å². The summed E-state index contributed by atoms with van der Waals surface area (Å²) in [6.45, 7) is 3.38. The first-order valence-electron chi connectivity index (χ1n) is 3.97. The van der Waals surface area contributed by atoms with Crippen LogP contribution in [0.15, 0.2) is 12.4 Å². The van der Waals surface area contributed by atoms with Gasteiger partial charge in [-0.2, -0.15) is 0 Å². The van der Waals surface area contributed by atoms with E-state index in [2.05, 4.69) is 21.1 Å². The molecule has 0 unspecified atom stereocenters. The van der Waals surface area contributed by atoms with Gasteiger partial charge in [-0.25, -0.2) is 9.97 Å². The minimum atomic E-state index is 0.782. The molecule has 4 nitrogen and oxygen atoms in total. The fraction of sp³-hybridized carbons (Fsp3) is 0.500. The highest BCUT2D eigenvalue weighted by molar-refractivity contribution is 5.36. The predicted molar refractivity (Wildman–Crippen MR) is 43.9 cm³/mol. The average Bonchev–Trinajstić information content (AvgIpc) is 2.21. The van der Waals surface area contributed by atoms with Gasteiger partial charge in [0.05, 0.1) is 19.4 Å². The third kappa shape index (κ3) is 1.53. The average molecular weight is 164 g/mol. The van der Waals surface area contributed by atoms with E-state index in [-0.39, 0.29) is 0 Å². The molecule has 0 aromatic carbocycles. The Morgan fingerprint density at radius 1 is 1.42 bits per heavy atom. The second-order valence-corrected chi connectivity index (χ2v) is 2.60. The molecule has 0 N–H and O–H groups in total. The highest BCUT2D eigenvalue weighted by Gasteiger charge is 2.10. The molecule has 2 rings (SSSR count). The van der Waals surface area contributed by atoms with Gasteiger partial charge in [-0.3, -0.25) is 0 Å². The molecule has 0 aliphatic carbocycles. The molecule has 1 fully saturated rings. The van der Waals surface area contributed by atoms with Crippen molar-refractivity contribution in [2.45, 2.75) is 0 Å². The van der Waals surface area contributed by atoms with Crippen LogP contribution in [0, 0.1) is 6.20 Å². The lowest BCUT2D eigenvalue weighted by molar-refractivity contribution is 0.122. The number of hydrogen-bond acceptors (Lipinski definition) is 4. The first-order valence-corrected chi connectivity index (χ1v) is 3.97. The minimum absolute atomic E-state index is 0.782. The molecule has 1 aliphatic rings. The molecular formula is C8H10N3O. The van der Waals surface area contributed by atoms with Gasteiger partial charge >= 0.3 is 0 Å². The molecule has 1 aromatic heterocycles. The number of morpholine rings is 1. The third-order valence-corrected chi connectivity index (χ3v) is 1.85. The van der Waals surface area contributed by atoms with Crippen molar-refractivity contribution < 1.29 is 4.74 Å². The Hall–Kier alpha value is -1.16. The van der Waals surface area contributed by atoms with Gasteiger partial charge in [-0.15, -0.1) is 0 Å². The van der Waals surface area contributed by atoms with Crippen LogP contribution < -0.4 is 4.90 Å². The van der Waals surface area contributed by atoms with Crippen molar-refractivity contribution in [1.82, 2.24) is 9.97 Å². The Balaban J connectivity index is 2.08. The zero-order valence-corrected chi connectivity index (χ0v) is 6.73. The summed E-state index contributed by atoms with van der Waals surface area (Å²) in [6, 6.07) is 1.80. The summed E-state index contributed by atoms with van der Waals surface area (Å²) in [7, 11) is 0. The highest BCUT2D eigenvalue weighted by atomic mass is 16.5. The van der Waals surface area contributed by atoms with Crippen LogP contribution in [0.25, 0.3) is 0 Å². The van der Waals surface area contributed by atoms with E-state index >= 15 is 0 Å². The van der Waals surface area contributed by atoms with E-state index in [1.807, 2.05) is 0 Å². The van der Waals surface area contributed by atoms with Gasteiger partial charge in [0.1, 0.15) is 12.1 Å². The number of hydrogen-bond donors (Lipinski definition) is 0. The van der Waals surface area contributed by atoms with E-state index in [4.69, 9.17) is 4.74 Å². The van der Waals surface area contributed by atoms with E-state index in [0.29, 0.717) is 0 Å². The molecular weight excluding hydrogens is 154 g/mol. The quantitative estimate of drug-likeness (QED) is 0.590. The van der Waals surface area contributed by atoms with Crippen molar-refractivity contribution in [1.29, 1.82) is 0 Å². The van der Waals surface area contributed by atoms with E-state index in [1.165, 1.54) is 6.33 Å². The normalized spacial score (nSPS) is 17.8. The number of rotatable bonds is 1. The maximum absolute atomic E-state index is 5.23. The predicted octanol–water partition coefficient (Wildman–Crippen LogP) is 0.113. The SMILES string of the molecule is [c]1cc(N2CCOCC2)ncn1. The summed E-state index contributed by atoms with van der Waals surface area (Å²) >= 11 is 0. The van der Waals surface area contributed by atoms with Gasteiger partial charge in [0, 0.05) is 19.2 Å². The first kappa shape index (κ1) is 7.49. The lowest BCUT2D eigenvalue weighted by atomic mass is 10.4. The lowest BCUT2D eigenvalue weighted by Crippen LogP contribution is -2.36. The van der Waals surface area contributed by atoms with Gasteiger partial charge in [-0.05, 0) is 0 Å². The zero-order chi connectivity index (χ0) is 8.23. The standard InChI is InChI=1S/C8H10N3O/c1-2-9-7-10-8(1)11-3-5-12-6-4-11/h1,7H,3-6H2. The molecule has 1 saturated heterocycles. The first-order chi connectivity index (χ1) is 5.97. The lowest BCUT2D eigenvalue weighted by Gasteiger charge is -2.27. The maximum atomic E-state index is 5.23. The number of anilines is 1. The van der Waals surface area contributed by atoms with Gasteiger partial charge in [0.25, 0.3) is 0 Å². The van der Waals surface area contributed by atoms with Gasteiger partial charge in [0.2, 0.25) is 0 Å². The molecule has 0 bridgehead atoms. The van der Waals surface area contributed by atoms with Crippen LogP contribution in [-0.2, 0) is 4.74 Å². The molecule has 1 aromatic rings. The Morgan fingerprint density at radius 3 is 2.92 bits per heavy atom. The van der Waals surface area contributed by atoms with Crippen LogP contribution in [0.2, 0.25) is 0 Å². The Kier molecular flexibility index (Phi) is 2.18. The number of nitrogens with zero attached hydrogens (tertiary/aromatic N) is 3. The van der Waals surface area contributed by atoms with E-state index in [1.54, 1.807) is 6.07 Å². The molecule has 4 heteroatoms. The smallest absolute Gasteiger partial charge is 0.132 e. The van der Waals surface area contributed by atoms with Crippen molar-refractivity contribution in [2.24, 2.45) is 0 Å². The molecule has 1 aliphatic heterocycles. The fourth-order valence-electron chi connectivity index (χ4n) is 1.22. The Bertz CT molecular complexity index is 233. The summed E-state index contributed by atoms with van der Waals surface area (Å²) in [5.74, 6) is 0.938. The van der Waals surface area contributed by atoms with E-state index in [0.717, 1.165) is 32.1 Å².